The van der Waals surface area contributed by atoms with Crippen LogP contribution < -0.4 is 10.9 Å². The zero-order valence-corrected chi connectivity index (χ0v) is 20.0. The van der Waals surface area contributed by atoms with Gasteiger partial charge in [-0.25, -0.2) is 4.98 Å². The average molecular weight is 466 g/mol. The molecule has 5 aromatic rings. The number of hydrogen-bond donors (Lipinski definition) is 1. The van der Waals surface area contributed by atoms with Gasteiger partial charge in [-0.3, -0.25) is 9.36 Å². The second kappa shape index (κ2) is 8.82. The van der Waals surface area contributed by atoms with E-state index in [2.05, 4.69) is 72.9 Å². The van der Waals surface area contributed by atoms with E-state index in [1.807, 2.05) is 12.1 Å². The monoisotopic (exact) mass is 465 g/mol. The van der Waals surface area contributed by atoms with Crippen molar-refractivity contribution >= 4 is 32.3 Å². The summed E-state index contributed by atoms with van der Waals surface area (Å²) >= 11 is 1.69. The number of benzene rings is 3. The zero-order valence-electron chi connectivity index (χ0n) is 19.2. The Balaban J connectivity index is 1.26. The van der Waals surface area contributed by atoms with Crippen molar-refractivity contribution in [2.45, 2.75) is 44.8 Å². The lowest BCUT2D eigenvalue weighted by molar-refractivity contribution is 0.417. The standard InChI is InChI=1S/C29H27N3OS/c1-19(21-7-3-2-4-8-21)31-24-13-14-25-26(16-24)34-28-27(25)29(33)32(18-30-28)17-20-11-12-22-9-5-6-10-23(22)15-20/h2-12,15,18-19,24,31H,13-14,16-17H2,1H3. The highest BCUT2D eigenvalue weighted by molar-refractivity contribution is 7.18. The topological polar surface area (TPSA) is 46.9 Å². The number of rotatable bonds is 5. The summed E-state index contributed by atoms with van der Waals surface area (Å²) in [5.74, 6) is 0. The van der Waals surface area contributed by atoms with Gasteiger partial charge in [0.15, 0.2) is 0 Å². The van der Waals surface area contributed by atoms with Crippen molar-refractivity contribution in [1.82, 2.24) is 14.9 Å². The number of thiophene rings is 1. The van der Waals surface area contributed by atoms with Crippen molar-refractivity contribution in [2.24, 2.45) is 0 Å². The van der Waals surface area contributed by atoms with E-state index in [-0.39, 0.29) is 5.56 Å². The number of nitrogens with one attached hydrogen (secondary N) is 1. The first-order valence-electron chi connectivity index (χ1n) is 11.9. The fraction of sp³-hybridized carbons (Fsp3) is 0.241. The third-order valence-electron chi connectivity index (χ3n) is 6.99. The Hall–Kier alpha value is -3.28. The van der Waals surface area contributed by atoms with E-state index >= 15 is 0 Å². The molecular weight excluding hydrogens is 438 g/mol. The van der Waals surface area contributed by atoms with Crippen LogP contribution in [0.25, 0.3) is 21.0 Å². The van der Waals surface area contributed by atoms with Crippen LogP contribution in [-0.2, 0) is 19.4 Å². The van der Waals surface area contributed by atoms with Gasteiger partial charge in [-0.15, -0.1) is 11.3 Å². The molecule has 6 rings (SSSR count). The molecule has 34 heavy (non-hydrogen) atoms. The predicted octanol–water partition coefficient (Wildman–Crippen LogP) is 5.87. The molecule has 3 aromatic carbocycles. The Morgan fingerprint density at radius 2 is 1.85 bits per heavy atom. The van der Waals surface area contributed by atoms with Gasteiger partial charge in [-0.2, -0.15) is 0 Å². The Morgan fingerprint density at radius 1 is 1.06 bits per heavy atom. The molecule has 0 amide bonds. The summed E-state index contributed by atoms with van der Waals surface area (Å²) in [4.78, 5) is 20.4. The van der Waals surface area contributed by atoms with Crippen LogP contribution in [0, 0.1) is 0 Å². The van der Waals surface area contributed by atoms with E-state index in [1.165, 1.54) is 26.8 Å². The highest BCUT2D eigenvalue weighted by atomic mass is 32.1. The van der Waals surface area contributed by atoms with Crippen LogP contribution in [0.5, 0.6) is 0 Å². The van der Waals surface area contributed by atoms with Crippen molar-refractivity contribution in [3.8, 4) is 0 Å². The van der Waals surface area contributed by atoms with Crippen molar-refractivity contribution in [2.75, 3.05) is 0 Å². The molecular formula is C29H27N3OS. The largest absolute Gasteiger partial charge is 0.307 e. The minimum Gasteiger partial charge on any atom is -0.307 e. The molecule has 4 nitrogen and oxygen atoms in total. The Labute approximate surface area is 202 Å². The molecule has 1 aliphatic carbocycles. The number of nitrogens with zero attached hydrogens (tertiary/aromatic N) is 2. The third kappa shape index (κ3) is 3.95. The van der Waals surface area contributed by atoms with Gasteiger partial charge in [0.25, 0.3) is 5.56 Å². The smallest absolute Gasteiger partial charge is 0.262 e. The summed E-state index contributed by atoms with van der Waals surface area (Å²) in [5, 5.41) is 7.03. The van der Waals surface area contributed by atoms with E-state index in [4.69, 9.17) is 4.98 Å². The van der Waals surface area contributed by atoms with E-state index < -0.39 is 0 Å². The van der Waals surface area contributed by atoms with Crippen molar-refractivity contribution in [3.63, 3.8) is 0 Å². The summed E-state index contributed by atoms with van der Waals surface area (Å²) in [6.45, 7) is 2.76. The lowest BCUT2D eigenvalue weighted by Crippen LogP contribution is -2.36. The second-order valence-corrected chi connectivity index (χ2v) is 10.4. The second-order valence-electron chi connectivity index (χ2n) is 9.28. The molecule has 2 aromatic heterocycles. The summed E-state index contributed by atoms with van der Waals surface area (Å²) in [5.41, 5.74) is 3.73. The van der Waals surface area contributed by atoms with Crippen molar-refractivity contribution in [1.29, 1.82) is 0 Å². The molecule has 0 saturated carbocycles. The fourth-order valence-electron chi connectivity index (χ4n) is 5.18. The minimum atomic E-state index is 0.0831. The van der Waals surface area contributed by atoms with Crippen LogP contribution in [0.1, 0.15) is 41.0 Å². The summed E-state index contributed by atoms with van der Waals surface area (Å²) in [6, 6.07) is 26.0. The average Bonchev–Trinajstić information content (AvgIpc) is 3.24. The van der Waals surface area contributed by atoms with Crippen LogP contribution in [-0.4, -0.2) is 15.6 Å². The zero-order chi connectivity index (χ0) is 23.1. The first-order chi connectivity index (χ1) is 16.7. The number of aryl methyl sites for hydroxylation is 1. The minimum absolute atomic E-state index is 0.0831. The fourth-order valence-corrected chi connectivity index (χ4v) is 6.44. The van der Waals surface area contributed by atoms with Crippen LogP contribution >= 0.6 is 11.3 Å². The van der Waals surface area contributed by atoms with Gasteiger partial charge in [-0.1, -0.05) is 66.7 Å². The lowest BCUT2D eigenvalue weighted by Gasteiger charge is -2.27. The van der Waals surface area contributed by atoms with E-state index in [0.29, 0.717) is 18.6 Å². The van der Waals surface area contributed by atoms with E-state index in [1.54, 1.807) is 22.2 Å². The van der Waals surface area contributed by atoms with Crippen molar-refractivity contribution < 1.29 is 0 Å². The molecule has 0 aliphatic heterocycles. The maximum absolute atomic E-state index is 13.5. The maximum Gasteiger partial charge on any atom is 0.262 e. The SMILES string of the molecule is CC(NC1CCc2c(sc3ncn(Cc4ccc5ccccc5c4)c(=O)c23)C1)c1ccccc1. The third-order valence-corrected chi connectivity index (χ3v) is 8.15. The molecule has 1 aliphatic rings. The van der Waals surface area contributed by atoms with E-state index in [9.17, 15) is 4.79 Å². The first kappa shape index (κ1) is 21.3. The maximum atomic E-state index is 13.5. The Bertz CT molecular complexity index is 1540. The Kier molecular flexibility index (Phi) is 5.52. The van der Waals surface area contributed by atoms with Gasteiger partial charge in [0.05, 0.1) is 18.3 Å². The van der Waals surface area contributed by atoms with Gasteiger partial charge >= 0.3 is 0 Å². The summed E-state index contributed by atoms with van der Waals surface area (Å²) in [7, 11) is 0. The van der Waals surface area contributed by atoms with Crippen LogP contribution in [0.15, 0.2) is 83.9 Å². The molecule has 0 saturated heterocycles. The highest BCUT2D eigenvalue weighted by Crippen LogP contribution is 2.34. The number of fused-ring (bicyclic) bond motifs is 4. The molecule has 0 bridgehead atoms. The molecule has 0 fully saturated rings. The number of aromatic nitrogens is 2. The predicted molar refractivity (Wildman–Crippen MR) is 141 cm³/mol. The molecule has 0 radical (unpaired) electrons. The van der Waals surface area contributed by atoms with Crippen LogP contribution in [0.2, 0.25) is 0 Å². The summed E-state index contributed by atoms with van der Waals surface area (Å²) < 4.78 is 1.77. The summed E-state index contributed by atoms with van der Waals surface area (Å²) in [6.07, 6.45) is 4.63. The first-order valence-corrected chi connectivity index (χ1v) is 12.8. The van der Waals surface area contributed by atoms with Gasteiger partial charge in [0.2, 0.25) is 0 Å². The van der Waals surface area contributed by atoms with E-state index in [0.717, 1.165) is 35.0 Å². The highest BCUT2D eigenvalue weighted by Gasteiger charge is 2.26. The van der Waals surface area contributed by atoms with Gasteiger partial charge in [-0.05, 0) is 59.7 Å². The quantitative estimate of drug-likeness (QED) is 0.353. The van der Waals surface area contributed by atoms with Gasteiger partial charge < -0.3 is 5.32 Å². The number of hydrogen-bond acceptors (Lipinski definition) is 4. The molecule has 2 heterocycles. The molecule has 1 N–H and O–H groups in total. The molecule has 2 unspecified atom stereocenters. The molecule has 170 valence electrons. The van der Waals surface area contributed by atoms with Gasteiger partial charge in [0, 0.05) is 17.0 Å². The molecule has 5 heteroatoms. The molecule has 0 spiro atoms. The van der Waals surface area contributed by atoms with Crippen LogP contribution in [0.3, 0.4) is 0 Å². The van der Waals surface area contributed by atoms with Crippen LogP contribution in [0.4, 0.5) is 0 Å². The van der Waals surface area contributed by atoms with Crippen molar-refractivity contribution in [3.05, 3.63) is 111 Å². The Morgan fingerprint density at radius 3 is 2.71 bits per heavy atom. The normalized spacial score (nSPS) is 16.6. The molecule has 2 atom stereocenters. The lowest BCUT2D eigenvalue weighted by atomic mass is 9.92. The van der Waals surface area contributed by atoms with Gasteiger partial charge in [0.1, 0.15) is 4.83 Å².